The molecule has 1 amide bonds. The van der Waals surface area contributed by atoms with Gasteiger partial charge in [0.2, 0.25) is 5.91 Å². The quantitative estimate of drug-likeness (QED) is 0.842. The maximum absolute atomic E-state index is 11.9. The van der Waals surface area contributed by atoms with Crippen molar-refractivity contribution in [1.29, 1.82) is 0 Å². The number of likely N-dealkylation sites (tertiary alicyclic amines) is 1. The average Bonchev–Trinajstić information content (AvgIpc) is 2.94. The Labute approximate surface area is 109 Å². The van der Waals surface area contributed by atoms with Gasteiger partial charge in [0.05, 0.1) is 10.7 Å². The number of thiazole rings is 1. The van der Waals surface area contributed by atoms with Crippen LogP contribution in [0.15, 0.2) is 11.5 Å². The molecule has 96 valence electrons. The lowest BCUT2D eigenvalue weighted by atomic mass is 10.2. The molecule has 1 aromatic heterocycles. The zero-order valence-electron chi connectivity index (χ0n) is 10.00. The first kappa shape index (κ1) is 12.8. The van der Waals surface area contributed by atoms with Gasteiger partial charge in [0, 0.05) is 18.0 Å². The number of hydrogen-bond acceptors (Lipinski definition) is 4. The first-order valence-corrected chi connectivity index (χ1v) is 6.59. The summed E-state index contributed by atoms with van der Waals surface area (Å²) < 4.78 is 0. The van der Waals surface area contributed by atoms with Crippen molar-refractivity contribution >= 4 is 29.3 Å². The van der Waals surface area contributed by atoms with Crippen molar-refractivity contribution in [1.82, 2.24) is 9.88 Å². The minimum absolute atomic E-state index is 0.259. The van der Waals surface area contributed by atoms with E-state index in [4.69, 9.17) is 5.11 Å². The topological polar surface area (TPSA) is 70.5 Å². The van der Waals surface area contributed by atoms with Crippen LogP contribution in [0.4, 0.5) is 0 Å². The second kappa shape index (κ2) is 5.30. The van der Waals surface area contributed by atoms with Crippen LogP contribution in [-0.2, 0) is 9.59 Å². The molecule has 0 aromatic carbocycles. The van der Waals surface area contributed by atoms with E-state index < -0.39 is 12.0 Å². The van der Waals surface area contributed by atoms with Gasteiger partial charge in [0.15, 0.2) is 0 Å². The molecule has 0 spiro atoms. The Bertz CT molecular complexity index is 495. The van der Waals surface area contributed by atoms with Crippen molar-refractivity contribution in [2.24, 2.45) is 0 Å². The van der Waals surface area contributed by atoms with Crippen molar-refractivity contribution in [3.63, 3.8) is 0 Å². The van der Waals surface area contributed by atoms with Gasteiger partial charge in [-0.2, -0.15) is 0 Å². The predicted octanol–water partition coefficient (Wildman–Crippen LogP) is 1.54. The first-order valence-electron chi connectivity index (χ1n) is 5.71. The summed E-state index contributed by atoms with van der Waals surface area (Å²) in [6, 6.07) is -0.681. The van der Waals surface area contributed by atoms with E-state index in [9.17, 15) is 9.59 Å². The van der Waals surface area contributed by atoms with Crippen LogP contribution in [0, 0.1) is 6.92 Å². The van der Waals surface area contributed by atoms with E-state index >= 15 is 0 Å². The van der Waals surface area contributed by atoms with E-state index in [0.29, 0.717) is 13.0 Å². The highest BCUT2D eigenvalue weighted by molar-refractivity contribution is 7.09. The van der Waals surface area contributed by atoms with Crippen molar-refractivity contribution in [2.45, 2.75) is 25.8 Å². The Morgan fingerprint density at radius 3 is 3.00 bits per heavy atom. The zero-order chi connectivity index (χ0) is 13.1. The number of carboxylic acid groups (broad SMARTS) is 1. The SMILES string of the molecule is Cc1nc(/C=C/C(=O)N2CCCC2C(=O)O)cs1. The minimum Gasteiger partial charge on any atom is -0.480 e. The molecular formula is C12H14N2O3S. The molecule has 5 nitrogen and oxygen atoms in total. The lowest BCUT2D eigenvalue weighted by Gasteiger charge is -2.19. The molecule has 1 aromatic rings. The number of carboxylic acids is 1. The molecule has 2 rings (SSSR count). The Kier molecular flexibility index (Phi) is 3.76. The van der Waals surface area contributed by atoms with Gasteiger partial charge in [-0.05, 0) is 25.8 Å². The normalized spacial score (nSPS) is 19.6. The van der Waals surface area contributed by atoms with Crippen LogP contribution >= 0.6 is 11.3 Å². The molecule has 1 fully saturated rings. The number of hydrogen-bond donors (Lipinski definition) is 1. The second-order valence-corrected chi connectivity index (χ2v) is 5.21. The van der Waals surface area contributed by atoms with Gasteiger partial charge in [-0.1, -0.05) is 0 Å². The minimum atomic E-state index is -0.932. The van der Waals surface area contributed by atoms with Crippen LogP contribution < -0.4 is 0 Å². The molecule has 1 aliphatic heterocycles. The van der Waals surface area contributed by atoms with Crippen molar-refractivity contribution in [3.8, 4) is 0 Å². The summed E-state index contributed by atoms with van der Waals surface area (Å²) in [6.45, 7) is 2.40. The highest BCUT2D eigenvalue weighted by Gasteiger charge is 2.32. The molecule has 1 N–H and O–H groups in total. The van der Waals surface area contributed by atoms with Gasteiger partial charge >= 0.3 is 5.97 Å². The molecule has 0 saturated carbocycles. The maximum Gasteiger partial charge on any atom is 0.326 e. The van der Waals surface area contributed by atoms with Gasteiger partial charge in [-0.15, -0.1) is 11.3 Å². The fourth-order valence-electron chi connectivity index (χ4n) is 2.00. The number of aromatic nitrogens is 1. The Hall–Kier alpha value is -1.69. The lowest BCUT2D eigenvalue weighted by Crippen LogP contribution is -2.39. The Morgan fingerprint density at radius 1 is 1.61 bits per heavy atom. The summed E-state index contributed by atoms with van der Waals surface area (Å²) in [5.41, 5.74) is 0.733. The Balaban J connectivity index is 2.03. The van der Waals surface area contributed by atoms with Crippen LogP contribution in [0.3, 0.4) is 0 Å². The molecular weight excluding hydrogens is 252 g/mol. The number of amides is 1. The fraction of sp³-hybridized carbons (Fsp3) is 0.417. The molecule has 1 atom stereocenters. The number of carbonyl (C=O) groups excluding carboxylic acids is 1. The second-order valence-electron chi connectivity index (χ2n) is 4.15. The maximum atomic E-state index is 11.9. The molecule has 6 heteroatoms. The van der Waals surface area contributed by atoms with E-state index in [1.807, 2.05) is 12.3 Å². The molecule has 1 aliphatic rings. The molecule has 1 unspecified atom stereocenters. The smallest absolute Gasteiger partial charge is 0.326 e. The van der Waals surface area contributed by atoms with Crippen LogP contribution in [0.5, 0.6) is 0 Å². The fourth-order valence-corrected chi connectivity index (χ4v) is 2.58. The molecule has 1 saturated heterocycles. The van der Waals surface area contributed by atoms with Crippen LogP contribution in [-0.4, -0.2) is 39.5 Å². The highest BCUT2D eigenvalue weighted by atomic mass is 32.1. The van der Waals surface area contributed by atoms with Gasteiger partial charge in [-0.3, -0.25) is 4.79 Å². The van der Waals surface area contributed by atoms with E-state index in [0.717, 1.165) is 17.1 Å². The summed E-state index contributed by atoms with van der Waals surface area (Å²) in [5, 5.41) is 11.8. The molecule has 0 radical (unpaired) electrons. The van der Waals surface area contributed by atoms with E-state index in [1.165, 1.54) is 22.3 Å². The Morgan fingerprint density at radius 2 is 2.39 bits per heavy atom. The summed E-state index contributed by atoms with van der Waals surface area (Å²) in [6.07, 6.45) is 4.30. The van der Waals surface area contributed by atoms with Crippen molar-refractivity contribution in [3.05, 3.63) is 22.2 Å². The van der Waals surface area contributed by atoms with Crippen molar-refractivity contribution in [2.75, 3.05) is 6.54 Å². The largest absolute Gasteiger partial charge is 0.480 e. The average molecular weight is 266 g/mol. The summed E-state index contributed by atoms with van der Waals surface area (Å²) in [4.78, 5) is 28.5. The monoisotopic (exact) mass is 266 g/mol. The number of carbonyl (C=O) groups is 2. The van der Waals surface area contributed by atoms with Gasteiger partial charge < -0.3 is 10.0 Å². The summed E-state index contributed by atoms with van der Waals surface area (Å²) >= 11 is 1.51. The van der Waals surface area contributed by atoms with Crippen LogP contribution in [0.1, 0.15) is 23.5 Å². The van der Waals surface area contributed by atoms with Crippen LogP contribution in [0.25, 0.3) is 6.08 Å². The number of aliphatic carboxylic acids is 1. The van der Waals surface area contributed by atoms with E-state index in [-0.39, 0.29) is 5.91 Å². The lowest BCUT2D eigenvalue weighted by molar-refractivity contribution is -0.146. The molecule has 18 heavy (non-hydrogen) atoms. The highest BCUT2D eigenvalue weighted by Crippen LogP contribution is 2.18. The van der Waals surface area contributed by atoms with Gasteiger partial charge in [-0.25, -0.2) is 9.78 Å². The standard InChI is InChI=1S/C12H14N2O3S/c1-8-13-9(7-18-8)4-5-11(15)14-6-2-3-10(14)12(16)17/h4-5,7,10H,2-3,6H2,1H3,(H,16,17)/b5-4+. The third kappa shape index (κ3) is 2.76. The van der Waals surface area contributed by atoms with E-state index in [1.54, 1.807) is 6.08 Å². The number of nitrogens with zero attached hydrogens (tertiary/aromatic N) is 2. The van der Waals surface area contributed by atoms with Crippen molar-refractivity contribution < 1.29 is 14.7 Å². The number of rotatable bonds is 3. The molecule has 0 bridgehead atoms. The summed E-state index contributed by atoms with van der Waals surface area (Å²) in [7, 11) is 0. The van der Waals surface area contributed by atoms with E-state index in [2.05, 4.69) is 4.98 Å². The predicted molar refractivity (Wildman–Crippen MR) is 68.3 cm³/mol. The van der Waals surface area contributed by atoms with Gasteiger partial charge in [0.25, 0.3) is 0 Å². The molecule has 2 heterocycles. The van der Waals surface area contributed by atoms with Crippen LogP contribution in [0.2, 0.25) is 0 Å². The first-order chi connectivity index (χ1) is 8.58. The zero-order valence-corrected chi connectivity index (χ0v) is 10.8. The third-order valence-electron chi connectivity index (χ3n) is 2.85. The van der Waals surface area contributed by atoms with Gasteiger partial charge in [0.1, 0.15) is 6.04 Å². The molecule has 0 aliphatic carbocycles. The number of aryl methyl sites for hydroxylation is 1. The summed E-state index contributed by atoms with van der Waals surface area (Å²) in [5.74, 6) is -1.19. The third-order valence-corrected chi connectivity index (χ3v) is 3.65.